The smallest absolute Gasteiger partial charge is 0.211 e. The predicted molar refractivity (Wildman–Crippen MR) is 48.9 cm³/mol. The van der Waals surface area contributed by atoms with Gasteiger partial charge in [0.25, 0.3) is 0 Å². The summed E-state index contributed by atoms with van der Waals surface area (Å²) in [7, 11) is 0. The summed E-state index contributed by atoms with van der Waals surface area (Å²) in [6.45, 7) is -2.65. The van der Waals surface area contributed by atoms with Crippen molar-refractivity contribution in [2.75, 3.05) is 0 Å². The fourth-order valence-corrected chi connectivity index (χ4v) is 1.24. The summed E-state index contributed by atoms with van der Waals surface area (Å²) in [5, 5.41) is 3.49. The Morgan fingerprint density at radius 1 is 1.07 bits per heavy atom. The lowest BCUT2D eigenvalue weighted by molar-refractivity contribution is 0.0566. The van der Waals surface area contributed by atoms with E-state index in [9.17, 15) is 13.2 Å². The van der Waals surface area contributed by atoms with Gasteiger partial charge in [0.1, 0.15) is 5.82 Å². The first-order valence-electron chi connectivity index (χ1n) is 4.25. The number of alkyl halides is 2. The molecule has 0 aliphatic heterocycles. The van der Waals surface area contributed by atoms with Gasteiger partial charge in [0.05, 0.1) is 6.20 Å². The van der Waals surface area contributed by atoms with E-state index in [4.69, 9.17) is 0 Å². The van der Waals surface area contributed by atoms with Crippen LogP contribution < -0.4 is 0 Å². The number of benzene rings is 1. The van der Waals surface area contributed by atoms with Gasteiger partial charge in [-0.2, -0.15) is 13.9 Å². The van der Waals surface area contributed by atoms with Crippen LogP contribution in [0.2, 0.25) is 0 Å². The first kappa shape index (κ1) is 9.76. The lowest BCUT2D eigenvalue weighted by Gasteiger charge is -1.97. The van der Waals surface area contributed by atoms with E-state index >= 15 is 0 Å². The quantitative estimate of drug-likeness (QED) is 0.747. The Kier molecular flexibility index (Phi) is 2.45. The molecule has 0 bridgehead atoms. The third-order valence-corrected chi connectivity index (χ3v) is 1.98. The van der Waals surface area contributed by atoms with E-state index in [2.05, 4.69) is 5.10 Å². The molecule has 0 amide bonds. The zero-order chi connectivity index (χ0) is 10.8. The van der Waals surface area contributed by atoms with E-state index in [-0.39, 0.29) is 5.82 Å². The maximum atomic E-state index is 12.6. The first-order chi connectivity index (χ1) is 7.16. The van der Waals surface area contributed by atoms with Crippen molar-refractivity contribution in [3.05, 3.63) is 42.5 Å². The molecule has 2 rings (SSSR count). The highest BCUT2D eigenvalue weighted by Gasteiger charge is 2.08. The van der Waals surface area contributed by atoms with Crippen LogP contribution in [0.5, 0.6) is 0 Å². The van der Waals surface area contributed by atoms with E-state index in [0.29, 0.717) is 15.8 Å². The van der Waals surface area contributed by atoms with Crippen LogP contribution >= 0.6 is 0 Å². The summed E-state index contributed by atoms with van der Waals surface area (Å²) in [6, 6.07) is 5.58. The van der Waals surface area contributed by atoms with Crippen molar-refractivity contribution in [2.45, 2.75) is 6.55 Å². The zero-order valence-corrected chi connectivity index (χ0v) is 7.57. The molecule has 0 unspecified atom stereocenters. The van der Waals surface area contributed by atoms with Crippen LogP contribution in [0, 0.1) is 5.82 Å². The van der Waals surface area contributed by atoms with Gasteiger partial charge in [-0.3, -0.25) is 0 Å². The molecule has 0 radical (unpaired) electrons. The van der Waals surface area contributed by atoms with Crippen LogP contribution in [-0.2, 0) is 0 Å². The van der Waals surface area contributed by atoms with Crippen molar-refractivity contribution >= 4 is 0 Å². The number of hydrogen-bond acceptors (Lipinski definition) is 1. The maximum Gasteiger partial charge on any atom is 0.333 e. The van der Waals surface area contributed by atoms with Gasteiger partial charge >= 0.3 is 6.55 Å². The summed E-state index contributed by atoms with van der Waals surface area (Å²) in [6.07, 6.45) is 2.54. The molecule has 1 heterocycles. The molecule has 0 N–H and O–H groups in total. The minimum Gasteiger partial charge on any atom is -0.211 e. The fraction of sp³-hybridized carbons (Fsp3) is 0.100. The normalized spacial score (nSPS) is 10.9. The zero-order valence-electron chi connectivity index (χ0n) is 7.57. The van der Waals surface area contributed by atoms with Crippen LogP contribution in [0.4, 0.5) is 13.2 Å². The van der Waals surface area contributed by atoms with Crippen LogP contribution in [0.3, 0.4) is 0 Å². The van der Waals surface area contributed by atoms with Gasteiger partial charge in [-0.1, -0.05) is 12.1 Å². The molecule has 0 aliphatic carbocycles. The van der Waals surface area contributed by atoms with E-state index in [1.165, 1.54) is 36.7 Å². The van der Waals surface area contributed by atoms with Crippen LogP contribution in [0.25, 0.3) is 11.1 Å². The average Bonchev–Trinajstić information content (AvgIpc) is 2.68. The van der Waals surface area contributed by atoms with Crippen LogP contribution in [-0.4, -0.2) is 9.78 Å². The Hall–Kier alpha value is -1.78. The van der Waals surface area contributed by atoms with Gasteiger partial charge in [0.2, 0.25) is 0 Å². The van der Waals surface area contributed by atoms with Gasteiger partial charge in [0.15, 0.2) is 0 Å². The Balaban J connectivity index is 2.33. The summed E-state index contributed by atoms with van der Waals surface area (Å²) in [4.78, 5) is 0. The molecule has 0 atom stereocenters. The van der Waals surface area contributed by atoms with Crippen molar-refractivity contribution in [1.82, 2.24) is 9.78 Å². The molecule has 1 aromatic heterocycles. The Morgan fingerprint density at radius 3 is 2.27 bits per heavy atom. The summed E-state index contributed by atoms with van der Waals surface area (Å²) in [5.41, 5.74) is 1.19. The van der Waals surface area contributed by atoms with E-state index < -0.39 is 6.55 Å². The van der Waals surface area contributed by atoms with E-state index in [1.54, 1.807) is 0 Å². The summed E-state index contributed by atoms with van der Waals surface area (Å²) < 4.78 is 37.6. The van der Waals surface area contributed by atoms with Gasteiger partial charge in [-0.05, 0) is 17.7 Å². The molecule has 2 nitrogen and oxygen atoms in total. The molecule has 78 valence electrons. The fourth-order valence-electron chi connectivity index (χ4n) is 1.24. The predicted octanol–water partition coefficient (Wildman–Crippen LogP) is 3.08. The largest absolute Gasteiger partial charge is 0.333 e. The van der Waals surface area contributed by atoms with E-state index in [1.807, 2.05) is 0 Å². The average molecular weight is 212 g/mol. The number of hydrogen-bond donors (Lipinski definition) is 0. The summed E-state index contributed by atoms with van der Waals surface area (Å²) >= 11 is 0. The Labute approximate surface area is 84.0 Å². The second kappa shape index (κ2) is 3.76. The molecule has 5 heteroatoms. The Morgan fingerprint density at radius 2 is 1.73 bits per heavy atom. The van der Waals surface area contributed by atoms with Crippen LogP contribution in [0.15, 0.2) is 36.7 Å². The van der Waals surface area contributed by atoms with Gasteiger partial charge in [0, 0.05) is 11.8 Å². The minimum absolute atomic E-state index is 0.361. The van der Waals surface area contributed by atoms with Crippen molar-refractivity contribution in [1.29, 1.82) is 0 Å². The highest BCUT2D eigenvalue weighted by atomic mass is 19.3. The second-order valence-corrected chi connectivity index (χ2v) is 2.99. The number of aromatic nitrogens is 2. The first-order valence-corrected chi connectivity index (χ1v) is 4.25. The SMILES string of the molecule is Fc1ccc(-c2cnn(C(F)F)c2)cc1. The lowest BCUT2D eigenvalue weighted by atomic mass is 10.1. The number of nitrogens with zero attached hydrogens (tertiary/aromatic N) is 2. The topological polar surface area (TPSA) is 17.8 Å². The number of halogens is 3. The van der Waals surface area contributed by atoms with Crippen molar-refractivity contribution in [3.63, 3.8) is 0 Å². The highest BCUT2D eigenvalue weighted by Crippen LogP contribution is 2.20. The second-order valence-electron chi connectivity index (χ2n) is 2.99. The highest BCUT2D eigenvalue weighted by molar-refractivity contribution is 5.61. The number of rotatable bonds is 2. The van der Waals surface area contributed by atoms with Gasteiger partial charge in [-0.15, -0.1) is 0 Å². The lowest BCUT2D eigenvalue weighted by Crippen LogP contribution is -1.96. The monoisotopic (exact) mass is 212 g/mol. The third-order valence-electron chi connectivity index (χ3n) is 1.98. The maximum absolute atomic E-state index is 12.6. The molecule has 1 aromatic carbocycles. The van der Waals surface area contributed by atoms with E-state index in [0.717, 1.165) is 0 Å². The molecule has 15 heavy (non-hydrogen) atoms. The van der Waals surface area contributed by atoms with Crippen molar-refractivity contribution in [2.24, 2.45) is 0 Å². The standard InChI is InChI=1S/C10H7F3N2/c11-9-3-1-7(2-4-9)8-5-14-15(6-8)10(12)13/h1-6,10H. The molecule has 0 aliphatic rings. The summed E-state index contributed by atoms with van der Waals surface area (Å²) in [5.74, 6) is -0.361. The van der Waals surface area contributed by atoms with Gasteiger partial charge in [-0.25, -0.2) is 9.07 Å². The molecule has 0 fully saturated rings. The molecule has 2 aromatic rings. The third kappa shape index (κ3) is 2.01. The minimum atomic E-state index is -2.65. The molecule has 0 spiro atoms. The molecular formula is C10H7F3N2. The van der Waals surface area contributed by atoms with Crippen LogP contribution in [0.1, 0.15) is 6.55 Å². The van der Waals surface area contributed by atoms with Gasteiger partial charge < -0.3 is 0 Å². The molecular weight excluding hydrogens is 205 g/mol. The Bertz CT molecular complexity index is 448. The van der Waals surface area contributed by atoms with Crippen molar-refractivity contribution in [3.8, 4) is 11.1 Å². The molecule has 0 saturated carbocycles. The van der Waals surface area contributed by atoms with Crippen molar-refractivity contribution < 1.29 is 13.2 Å². The molecule has 0 saturated heterocycles.